The lowest BCUT2D eigenvalue weighted by Gasteiger charge is -2.43. The molecular weight excluding hydrogens is 595 g/mol. The Morgan fingerprint density at radius 1 is 1.00 bits per heavy atom. The van der Waals surface area contributed by atoms with Gasteiger partial charge in [-0.25, -0.2) is 13.2 Å². The largest absolute Gasteiger partial charge is 0.414 e. The van der Waals surface area contributed by atoms with Gasteiger partial charge in [-0.15, -0.1) is 0 Å². The molecule has 3 N–H and O–H groups in total. The molecule has 0 aliphatic carbocycles. The Hall–Kier alpha value is -2.08. The monoisotopic (exact) mass is 641 g/mol. The first kappa shape index (κ1) is 34.4. The van der Waals surface area contributed by atoms with E-state index in [4.69, 9.17) is 13.6 Å². The van der Waals surface area contributed by atoms with Crippen LogP contribution in [-0.4, -0.2) is 69.9 Å². The third-order valence-electron chi connectivity index (χ3n) is 8.84. The standard InChI is InChI=1S/C28H47N3O8SSi2/c1-26(2,3)41(7,8)37-18-21-28(34,19-40(35,36)30-20-14-12-11-13-15-20)23(39-42(9,10)27(4,5)6)24(38-21)31-17-16-22(32)29-25(31)33/h11-17,21,23-24,30,34H,18-19H2,1-10H3,(H,29,32,33)/t21-,23+,24-,28+/m1/s1. The molecule has 0 spiro atoms. The zero-order chi connectivity index (χ0) is 31.9. The fourth-order valence-corrected chi connectivity index (χ4v) is 8.00. The first-order valence-corrected chi connectivity index (χ1v) is 21.5. The highest BCUT2D eigenvalue weighted by atomic mass is 32.2. The summed E-state index contributed by atoms with van der Waals surface area (Å²) >= 11 is 0. The lowest BCUT2D eigenvalue weighted by molar-refractivity contribution is -0.0749. The zero-order valence-corrected chi connectivity index (χ0v) is 29.2. The van der Waals surface area contributed by atoms with Crippen molar-refractivity contribution in [3.8, 4) is 0 Å². The van der Waals surface area contributed by atoms with Crippen molar-refractivity contribution in [3.63, 3.8) is 0 Å². The van der Waals surface area contributed by atoms with Gasteiger partial charge in [0, 0.05) is 18.0 Å². The molecule has 2 aromatic rings. The second kappa shape index (κ2) is 11.8. The van der Waals surface area contributed by atoms with E-state index in [1.807, 2.05) is 47.0 Å². The van der Waals surface area contributed by atoms with Crippen molar-refractivity contribution in [2.45, 2.75) is 102 Å². The third-order valence-corrected chi connectivity index (χ3v) is 19.2. The van der Waals surface area contributed by atoms with Gasteiger partial charge < -0.3 is 18.7 Å². The summed E-state index contributed by atoms with van der Waals surface area (Å²) < 4.78 is 50.4. The number of sulfonamides is 1. The van der Waals surface area contributed by atoms with Gasteiger partial charge in [0.25, 0.3) is 5.56 Å². The summed E-state index contributed by atoms with van der Waals surface area (Å²) in [4.78, 5) is 27.1. The third kappa shape index (κ3) is 7.52. The van der Waals surface area contributed by atoms with E-state index in [-0.39, 0.29) is 16.7 Å². The van der Waals surface area contributed by atoms with Gasteiger partial charge in [0.1, 0.15) is 23.6 Å². The van der Waals surface area contributed by atoms with E-state index >= 15 is 0 Å². The number of nitrogens with one attached hydrogen (secondary N) is 2. The van der Waals surface area contributed by atoms with Crippen molar-refractivity contribution >= 4 is 32.3 Å². The van der Waals surface area contributed by atoms with E-state index in [0.29, 0.717) is 5.69 Å². The van der Waals surface area contributed by atoms with E-state index in [9.17, 15) is 23.1 Å². The van der Waals surface area contributed by atoms with Crippen LogP contribution in [0.1, 0.15) is 47.8 Å². The SMILES string of the molecule is CC(C)(C)[Si](C)(C)OC[C@H]1O[C@@H](n2ccc(=O)[nH]c2=O)[C@H](O[Si](C)(C)C(C)(C)C)[C@]1(O)CS(=O)(=O)Nc1ccccc1. The van der Waals surface area contributed by atoms with Gasteiger partial charge >= 0.3 is 5.69 Å². The maximum atomic E-state index is 13.6. The maximum absolute atomic E-state index is 13.6. The Labute approximate surface area is 250 Å². The molecule has 236 valence electrons. The highest BCUT2D eigenvalue weighted by Crippen LogP contribution is 2.46. The molecule has 1 fully saturated rings. The number of para-hydroxylation sites is 1. The molecule has 11 nitrogen and oxygen atoms in total. The predicted octanol–water partition coefficient (Wildman–Crippen LogP) is 4.02. The number of H-pyrrole nitrogens is 1. The second-order valence-electron chi connectivity index (χ2n) is 14.1. The predicted molar refractivity (Wildman–Crippen MR) is 169 cm³/mol. The number of rotatable bonds is 10. The minimum Gasteiger partial charge on any atom is -0.414 e. The average Bonchev–Trinajstić information content (AvgIpc) is 3.06. The highest BCUT2D eigenvalue weighted by molar-refractivity contribution is 7.92. The molecule has 0 unspecified atom stereocenters. The van der Waals surface area contributed by atoms with Crippen LogP contribution in [0.3, 0.4) is 0 Å². The molecule has 1 aliphatic heterocycles. The average molecular weight is 642 g/mol. The van der Waals surface area contributed by atoms with Crippen molar-refractivity contribution < 1.29 is 27.1 Å². The number of hydrogen-bond acceptors (Lipinski definition) is 8. The van der Waals surface area contributed by atoms with E-state index in [0.717, 1.165) is 4.57 Å². The molecule has 2 heterocycles. The van der Waals surface area contributed by atoms with E-state index in [2.05, 4.69) is 30.5 Å². The number of aromatic amines is 1. The van der Waals surface area contributed by atoms with E-state index < -0.39 is 67.7 Å². The number of ether oxygens (including phenoxy) is 1. The smallest absolute Gasteiger partial charge is 0.330 e. The maximum Gasteiger partial charge on any atom is 0.330 e. The molecule has 1 aromatic carbocycles. The van der Waals surface area contributed by atoms with Crippen molar-refractivity contribution in [3.05, 3.63) is 63.4 Å². The van der Waals surface area contributed by atoms with Crippen molar-refractivity contribution in [2.75, 3.05) is 17.1 Å². The summed E-state index contributed by atoms with van der Waals surface area (Å²) in [6.45, 7) is 20.2. The molecule has 0 bridgehead atoms. The van der Waals surface area contributed by atoms with Gasteiger partial charge in [0.2, 0.25) is 10.0 Å². The summed E-state index contributed by atoms with van der Waals surface area (Å²) in [5.41, 5.74) is -3.17. The van der Waals surface area contributed by atoms with Crippen molar-refractivity contribution in [1.29, 1.82) is 0 Å². The van der Waals surface area contributed by atoms with Crippen LogP contribution in [0.25, 0.3) is 0 Å². The first-order valence-electron chi connectivity index (χ1n) is 14.1. The Morgan fingerprint density at radius 2 is 1.57 bits per heavy atom. The molecule has 1 saturated heterocycles. The van der Waals surface area contributed by atoms with Crippen LogP contribution in [0.5, 0.6) is 0 Å². The van der Waals surface area contributed by atoms with Gasteiger partial charge in [0.05, 0.1) is 6.61 Å². The van der Waals surface area contributed by atoms with Gasteiger partial charge in [-0.05, 0) is 48.4 Å². The van der Waals surface area contributed by atoms with Gasteiger partial charge in [-0.3, -0.25) is 19.1 Å². The molecule has 0 amide bonds. The topological polar surface area (TPSA) is 149 Å². The normalized spacial score (nSPS) is 24.1. The molecule has 1 aliphatic rings. The second-order valence-corrected chi connectivity index (χ2v) is 25.4. The Bertz CT molecular complexity index is 1460. The summed E-state index contributed by atoms with van der Waals surface area (Å²) in [6, 6.07) is 9.54. The van der Waals surface area contributed by atoms with Crippen LogP contribution in [-0.2, 0) is 23.6 Å². The quantitative estimate of drug-likeness (QED) is 0.330. The molecule has 1 aromatic heterocycles. The number of aromatic nitrogens is 2. The summed E-state index contributed by atoms with van der Waals surface area (Å²) in [6.07, 6.45) is -2.45. The lowest BCUT2D eigenvalue weighted by Crippen LogP contribution is -2.60. The van der Waals surface area contributed by atoms with E-state index in [1.165, 1.54) is 12.3 Å². The van der Waals surface area contributed by atoms with Gasteiger partial charge in [-0.2, -0.15) is 0 Å². The zero-order valence-electron chi connectivity index (χ0n) is 26.3. The Morgan fingerprint density at radius 3 is 2.10 bits per heavy atom. The van der Waals surface area contributed by atoms with Crippen LogP contribution < -0.4 is 16.0 Å². The molecular formula is C28H47N3O8SSi2. The molecule has 4 atom stereocenters. The van der Waals surface area contributed by atoms with Gasteiger partial charge in [0.15, 0.2) is 22.9 Å². The minimum absolute atomic E-state index is 0.125. The van der Waals surface area contributed by atoms with Crippen LogP contribution >= 0.6 is 0 Å². The fraction of sp³-hybridized carbons (Fsp3) is 0.643. The minimum atomic E-state index is -4.17. The Balaban J connectivity index is 2.17. The molecule has 0 radical (unpaired) electrons. The summed E-state index contributed by atoms with van der Waals surface area (Å²) in [5, 5.41) is 12.0. The van der Waals surface area contributed by atoms with Crippen LogP contribution in [0.2, 0.25) is 36.3 Å². The number of anilines is 1. The number of hydrogen-bond donors (Lipinski definition) is 3. The molecule has 0 saturated carbocycles. The first-order chi connectivity index (χ1) is 19.0. The number of nitrogens with zero attached hydrogens (tertiary/aromatic N) is 1. The highest BCUT2D eigenvalue weighted by Gasteiger charge is 2.61. The lowest BCUT2D eigenvalue weighted by atomic mass is 9.94. The van der Waals surface area contributed by atoms with Crippen LogP contribution in [0.4, 0.5) is 5.69 Å². The van der Waals surface area contributed by atoms with Crippen LogP contribution in [0.15, 0.2) is 52.2 Å². The van der Waals surface area contributed by atoms with Crippen molar-refractivity contribution in [1.82, 2.24) is 9.55 Å². The molecule has 42 heavy (non-hydrogen) atoms. The summed E-state index contributed by atoms with van der Waals surface area (Å²) in [7, 11) is -9.25. The van der Waals surface area contributed by atoms with E-state index in [1.54, 1.807) is 30.3 Å². The number of aliphatic hydroxyl groups is 1. The Kier molecular flexibility index (Phi) is 9.66. The number of benzene rings is 1. The fourth-order valence-electron chi connectivity index (χ4n) is 4.17. The molecule has 3 rings (SSSR count). The summed E-state index contributed by atoms with van der Waals surface area (Å²) in [5.74, 6) is -0.783. The van der Waals surface area contributed by atoms with Crippen LogP contribution in [0, 0.1) is 0 Å². The van der Waals surface area contributed by atoms with Crippen molar-refractivity contribution in [2.24, 2.45) is 0 Å². The van der Waals surface area contributed by atoms with Gasteiger partial charge in [-0.1, -0.05) is 59.7 Å². The molecule has 14 heteroatoms.